The second-order valence-electron chi connectivity index (χ2n) is 19.0. The average Bonchev–Trinajstić information content (AvgIpc) is 3.53. The Bertz CT molecular complexity index is 1900. The molecule has 0 bridgehead atoms. The molecule has 6 unspecified atom stereocenters. The maximum Gasteiger partial charge on any atom is 0.310 e. The second kappa shape index (κ2) is 16.3. The molecule has 6 rings (SSSR count). The Hall–Kier alpha value is -3.93. The van der Waals surface area contributed by atoms with E-state index in [1.165, 1.54) is 36.8 Å². The maximum absolute atomic E-state index is 15.0. The number of allylic oxidation sites excluding steroid dienone is 6. The lowest BCUT2D eigenvalue weighted by Crippen LogP contribution is -2.37. The van der Waals surface area contributed by atoms with Gasteiger partial charge in [0, 0.05) is 29.6 Å². The standard InChI is InChI=1S/C49H64O6/c1-10-36-27-49(36,47(52)53)28-44(50)40-25-38(26-42(40)46(51)43(48(6,7)8)19-30(4)18-32-13-11-12-14-32)55-45-23-35(34-16-15-33(21-34)17-29(2)3)22-39-31(5)20-37(54-9)24-41(39)45/h10,16,20-24,29,32,36,38,40,42-43H,1,4,11-15,17-19,25-28H2,2-3,5-9H3,(H,52,53). The fourth-order valence-electron chi connectivity index (χ4n) is 10.0. The first-order valence-electron chi connectivity index (χ1n) is 20.8. The van der Waals surface area contributed by atoms with Crippen molar-refractivity contribution >= 4 is 33.9 Å². The van der Waals surface area contributed by atoms with E-state index in [4.69, 9.17) is 9.47 Å². The van der Waals surface area contributed by atoms with Crippen molar-refractivity contribution in [2.24, 2.45) is 46.3 Å². The number of fused-ring (bicyclic) bond motifs is 1. The Morgan fingerprint density at radius 3 is 2.36 bits per heavy atom. The summed E-state index contributed by atoms with van der Waals surface area (Å²) in [6.07, 6.45) is 15.4. The summed E-state index contributed by atoms with van der Waals surface area (Å²) in [6.45, 7) is 21.2. The van der Waals surface area contributed by atoms with Gasteiger partial charge in [-0.25, -0.2) is 0 Å². The van der Waals surface area contributed by atoms with E-state index in [2.05, 4.69) is 79.0 Å². The summed E-state index contributed by atoms with van der Waals surface area (Å²) in [5.74, 6) is -0.130. The summed E-state index contributed by atoms with van der Waals surface area (Å²) < 4.78 is 12.7. The van der Waals surface area contributed by atoms with Gasteiger partial charge in [-0.3, -0.25) is 14.4 Å². The maximum atomic E-state index is 15.0. The molecule has 0 aliphatic heterocycles. The van der Waals surface area contributed by atoms with Gasteiger partial charge in [-0.2, -0.15) is 0 Å². The smallest absolute Gasteiger partial charge is 0.310 e. The zero-order chi connectivity index (χ0) is 39.8. The molecule has 0 aromatic heterocycles. The van der Waals surface area contributed by atoms with Crippen molar-refractivity contribution in [3.8, 4) is 11.5 Å². The van der Waals surface area contributed by atoms with Gasteiger partial charge in [-0.15, -0.1) is 6.58 Å². The van der Waals surface area contributed by atoms with E-state index in [-0.39, 0.29) is 35.2 Å². The van der Waals surface area contributed by atoms with Crippen LogP contribution in [0.15, 0.2) is 66.8 Å². The zero-order valence-corrected chi connectivity index (χ0v) is 34.5. The molecule has 6 nitrogen and oxygen atoms in total. The first kappa shape index (κ1) is 40.7. The molecule has 3 saturated carbocycles. The number of ether oxygens (including phenoxy) is 2. The molecule has 3 fully saturated rings. The molecule has 0 saturated heterocycles. The van der Waals surface area contributed by atoms with E-state index in [0.29, 0.717) is 43.3 Å². The molecular formula is C49H64O6. The van der Waals surface area contributed by atoms with Crippen molar-refractivity contribution in [1.29, 1.82) is 0 Å². The number of ketones is 2. The van der Waals surface area contributed by atoms with Crippen LogP contribution >= 0.6 is 0 Å². The van der Waals surface area contributed by atoms with Crippen molar-refractivity contribution in [3.05, 3.63) is 77.9 Å². The van der Waals surface area contributed by atoms with Crippen molar-refractivity contribution in [2.75, 3.05) is 7.11 Å². The Morgan fingerprint density at radius 2 is 1.75 bits per heavy atom. The summed E-state index contributed by atoms with van der Waals surface area (Å²) in [5.41, 5.74) is 4.38. The van der Waals surface area contributed by atoms with Crippen LogP contribution in [0.25, 0.3) is 16.3 Å². The van der Waals surface area contributed by atoms with Crippen LogP contribution in [-0.2, 0) is 14.4 Å². The first-order chi connectivity index (χ1) is 26.0. The first-order valence-corrected chi connectivity index (χ1v) is 20.8. The van der Waals surface area contributed by atoms with Gasteiger partial charge in [-0.1, -0.05) is 96.3 Å². The number of carbonyl (C=O) groups is 3. The summed E-state index contributed by atoms with van der Waals surface area (Å²) in [5, 5.41) is 12.2. The molecule has 0 spiro atoms. The number of aliphatic carboxylic acids is 1. The molecule has 4 aliphatic carbocycles. The van der Waals surface area contributed by atoms with Crippen LogP contribution in [0.5, 0.6) is 11.5 Å². The SMILES string of the molecule is C=CC1CC1(CC(=O)C1CC(Oc2cc(C3=CCC(CC(C)C)=C3)cc3c(C)cc(OC)cc23)CC1C(=O)C(CC(=C)CC1CCCC1)C(C)(C)C)C(=O)O. The van der Waals surface area contributed by atoms with Gasteiger partial charge in [0.15, 0.2) is 0 Å². The van der Waals surface area contributed by atoms with E-state index >= 15 is 0 Å². The molecule has 296 valence electrons. The van der Waals surface area contributed by atoms with E-state index < -0.39 is 29.3 Å². The highest BCUT2D eigenvalue weighted by Crippen LogP contribution is 2.57. The number of carboxylic acid groups (broad SMARTS) is 1. The number of carbonyl (C=O) groups excluding carboxylic acids is 2. The van der Waals surface area contributed by atoms with Gasteiger partial charge in [-0.05, 0) is 121 Å². The number of rotatable bonds is 17. The van der Waals surface area contributed by atoms with Crippen molar-refractivity contribution in [2.45, 2.75) is 125 Å². The summed E-state index contributed by atoms with van der Waals surface area (Å²) >= 11 is 0. The molecule has 6 atom stereocenters. The van der Waals surface area contributed by atoms with Crippen molar-refractivity contribution in [3.63, 3.8) is 0 Å². The van der Waals surface area contributed by atoms with Crippen LogP contribution in [0.2, 0.25) is 0 Å². The predicted molar refractivity (Wildman–Crippen MR) is 222 cm³/mol. The summed E-state index contributed by atoms with van der Waals surface area (Å²) in [4.78, 5) is 41.9. The van der Waals surface area contributed by atoms with Crippen LogP contribution in [0, 0.1) is 53.3 Å². The van der Waals surface area contributed by atoms with E-state index in [1.54, 1.807) is 13.2 Å². The van der Waals surface area contributed by atoms with Gasteiger partial charge in [0.05, 0.1) is 12.5 Å². The number of benzene rings is 2. The molecule has 4 aliphatic rings. The second-order valence-corrected chi connectivity index (χ2v) is 19.0. The van der Waals surface area contributed by atoms with Crippen molar-refractivity contribution in [1.82, 2.24) is 0 Å². The van der Waals surface area contributed by atoms with Crippen molar-refractivity contribution < 1.29 is 29.0 Å². The van der Waals surface area contributed by atoms with E-state index in [0.717, 1.165) is 52.5 Å². The molecule has 1 N–H and O–H groups in total. The Kier molecular flexibility index (Phi) is 12.1. The third-order valence-corrected chi connectivity index (χ3v) is 13.3. The topological polar surface area (TPSA) is 89.9 Å². The van der Waals surface area contributed by atoms with Crippen LogP contribution in [0.3, 0.4) is 0 Å². The lowest BCUT2D eigenvalue weighted by Gasteiger charge is -2.34. The predicted octanol–water partition coefficient (Wildman–Crippen LogP) is 11.7. The molecule has 2 aromatic rings. The number of methoxy groups -OCH3 is 1. The fourth-order valence-corrected chi connectivity index (χ4v) is 10.0. The third kappa shape index (κ3) is 8.89. The molecule has 0 radical (unpaired) electrons. The van der Waals surface area contributed by atoms with E-state index in [1.807, 2.05) is 12.1 Å². The third-order valence-electron chi connectivity index (χ3n) is 13.3. The normalized spacial score (nSPS) is 25.8. The molecule has 0 amide bonds. The lowest BCUT2D eigenvalue weighted by molar-refractivity contribution is -0.147. The van der Waals surface area contributed by atoms with Gasteiger partial charge in [0.25, 0.3) is 0 Å². The molecule has 0 heterocycles. The summed E-state index contributed by atoms with van der Waals surface area (Å²) in [7, 11) is 1.66. The monoisotopic (exact) mass is 748 g/mol. The average molecular weight is 749 g/mol. The quantitative estimate of drug-likeness (QED) is 0.162. The molecule has 55 heavy (non-hydrogen) atoms. The highest BCUT2D eigenvalue weighted by atomic mass is 16.5. The van der Waals surface area contributed by atoms with Gasteiger partial charge < -0.3 is 14.6 Å². The highest BCUT2D eigenvalue weighted by Gasteiger charge is 2.61. The molecular weight excluding hydrogens is 685 g/mol. The van der Waals surface area contributed by atoms with Crippen LogP contribution in [0.1, 0.15) is 123 Å². The lowest BCUT2D eigenvalue weighted by atomic mass is 9.69. The van der Waals surface area contributed by atoms with Gasteiger partial charge in [0.1, 0.15) is 29.2 Å². The number of hydrogen-bond acceptors (Lipinski definition) is 5. The number of hydrogen-bond donors (Lipinski definition) is 1. The highest BCUT2D eigenvalue weighted by molar-refractivity contribution is 5.97. The Balaban J connectivity index is 1.34. The minimum atomic E-state index is -1.14. The summed E-state index contributed by atoms with van der Waals surface area (Å²) in [6, 6.07) is 8.39. The van der Waals surface area contributed by atoms with Gasteiger partial charge >= 0.3 is 5.97 Å². The number of aryl methyl sites for hydroxylation is 1. The minimum Gasteiger partial charge on any atom is -0.497 e. The zero-order valence-electron chi connectivity index (χ0n) is 34.5. The molecule has 6 heteroatoms. The van der Waals surface area contributed by atoms with Crippen LogP contribution in [0.4, 0.5) is 0 Å². The Labute approximate surface area is 329 Å². The number of Topliss-reactive ketones (excluding diaryl/α,β-unsaturated/α-hetero) is 2. The minimum absolute atomic E-state index is 0.0833. The fraction of sp³-hybridized carbons (Fsp3) is 0.571. The van der Waals surface area contributed by atoms with E-state index in [9.17, 15) is 19.5 Å². The van der Waals surface area contributed by atoms with Gasteiger partial charge in [0.2, 0.25) is 0 Å². The van der Waals surface area contributed by atoms with Crippen LogP contribution in [-0.4, -0.2) is 35.9 Å². The Morgan fingerprint density at radius 1 is 1.04 bits per heavy atom. The van der Waals surface area contributed by atoms with Crippen LogP contribution < -0.4 is 9.47 Å². The molecule has 2 aromatic carbocycles. The number of carboxylic acids is 1. The largest absolute Gasteiger partial charge is 0.497 e.